The van der Waals surface area contributed by atoms with E-state index in [1.54, 1.807) is 17.5 Å². The van der Waals surface area contributed by atoms with Crippen molar-refractivity contribution in [3.63, 3.8) is 0 Å². The van der Waals surface area contributed by atoms with Crippen molar-refractivity contribution in [3.8, 4) is 11.3 Å². The summed E-state index contributed by atoms with van der Waals surface area (Å²) in [6, 6.07) is 16.3. The number of nitrogens with zero attached hydrogens (tertiary/aromatic N) is 6. The van der Waals surface area contributed by atoms with Gasteiger partial charge in [-0.15, -0.1) is 5.10 Å². The molecule has 3 aromatic heterocycles. The van der Waals surface area contributed by atoms with Gasteiger partial charge in [-0.1, -0.05) is 40.8 Å². The molecule has 9 heteroatoms. The molecular formula is C27H27N7OS. The smallest absolute Gasteiger partial charge is 0.224 e. The summed E-state index contributed by atoms with van der Waals surface area (Å²) in [5.41, 5.74) is 2.84. The SMILES string of the molecule is CC(CNC(=O)C1CCCN(c2nc3ccccc3s2)C1)n1cc(-c2ccc3cnccc3c2)nn1. The Balaban J connectivity index is 1.07. The lowest BCUT2D eigenvalue weighted by molar-refractivity contribution is -0.125. The number of rotatable bonds is 6. The highest BCUT2D eigenvalue weighted by Crippen LogP contribution is 2.31. The van der Waals surface area contributed by atoms with Crippen molar-refractivity contribution in [3.05, 3.63) is 67.1 Å². The highest BCUT2D eigenvalue weighted by Gasteiger charge is 2.27. The Hall–Kier alpha value is -3.85. The van der Waals surface area contributed by atoms with E-state index in [2.05, 4.69) is 37.6 Å². The second-order valence-electron chi connectivity index (χ2n) is 9.36. The number of fused-ring (bicyclic) bond motifs is 2. The zero-order valence-electron chi connectivity index (χ0n) is 20.0. The first-order valence-corrected chi connectivity index (χ1v) is 13.1. The molecule has 0 saturated carbocycles. The van der Waals surface area contributed by atoms with Crippen molar-refractivity contribution in [2.75, 3.05) is 24.5 Å². The Bertz CT molecular complexity index is 1490. The third-order valence-electron chi connectivity index (χ3n) is 6.82. The van der Waals surface area contributed by atoms with E-state index in [9.17, 15) is 4.79 Å². The van der Waals surface area contributed by atoms with E-state index in [1.807, 2.05) is 60.4 Å². The molecule has 8 nitrogen and oxygen atoms in total. The Morgan fingerprint density at radius 1 is 1.19 bits per heavy atom. The van der Waals surface area contributed by atoms with E-state index in [1.165, 1.54) is 4.70 Å². The first kappa shape index (κ1) is 22.6. The average molecular weight is 498 g/mol. The lowest BCUT2D eigenvalue weighted by Gasteiger charge is -2.32. The van der Waals surface area contributed by atoms with Crippen LogP contribution >= 0.6 is 11.3 Å². The van der Waals surface area contributed by atoms with Crippen LogP contribution in [-0.4, -0.2) is 50.5 Å². The summed E-state index contributed by atoms with van der Waals surface area (Å²) < 4.78 is 3.00. The number of hydrogen-bond acceptors (Lipinski definition) is 7. The molecule has 2 unspecified atom stereocenters. The van der Waals surface area contributed by atoms with Crippen LogP contribution in [0, 0.1) is 5.92 Å². The molecule has 36 heavy (non-hydrogen) atoms. The molecule has 0 radical (unpaired) electrons. The zero-order valence-corrected chi connectivity index (χ0v) is 20.9. The van der Waals surface area contributed by atoms with Crippen LogP contribution in [0.15, 0.2) is 67.1 Å². The van der Waals surface area contributed by atoms with Gasteiger partial charge >= 0.3 is 0 Å². The van der Waals surface area contributed by atoms with Crippen molar-refractivity contribution in [1.82, 2.24) is 30.3 Å². The standard InChI is InChI=1S/C27H27N7OS/c1-18(34-17-24(31-32-34)20-8-9-21-15-28-11-10-19(21)13-20)14-29-26(35)22-5-4-12-33(16-22)27-30-23-6-2-3-7-25(23)36-27/h2-3,6-11,13,15,17-18,22H,4-5,12,14,16H2,1H3,(H,29,35). The number of aromatic nitrogens is 5. The molecule has 1 amide bonds. The minimum absolute atomic E-state index is 0.0104. The van der Waals surface area contributed by atoms with Crippen LogP contribution < -0.4 is 10.2 Å². The summed E-state index contributed by atoms with van der Waals surface area (Å²) in [4.78, 5) is 24.2. The number of hydrogen-bond donors (Lipinski definition) is 1. The van der Waals surface area contributed by atoms with Gasteiger partial charge in [-0.3, -0.25) is 9.78 Å². The summed E-state index contributed by atoms with van der Waals surface area (Å²) in [5.74, 6) is 0.0486. The average Bonchev–Trinajstić information content (AvgIpc) is 3.59. The van der Waals surface area contributed by atoms with E-state index in [0.29, 0.717) is 13.1 Å². The number of nitrogens with one attached hydrogen (secondary N) is 1. The maximum absolute atomic E-state index is 13.0. The first-order valence-electron chi connectivity index (χ1n) is 12.3. The highest BCUT2D eigenvalue weighted by atomic mass is 32.1. The van der Waals surface area contributed by atoms with Crippen molar-refractivity contribution < 1.29 is 4.79 Å². The zero-order chi connectivity index (χ0) is 24.5. The molecule has 1 saturated heterocycles. The van der Waals surface area contributed by atoms with E-state index in [-0.39, 0.29) is 17.9 Å². The molecule has 0 aliphatic carbocycles. The van der Waals surface area contributed by atoms with E-state index in [0.717, 1.165) is 52.1 Å². The fourth-order valence-electron chi connectivity index (χ4n) is 4.71. The summed E-state index contributed by atoms with van der Waals surface area (Å²) in [5, 5.41) is 15.0. The van der Waals surface area contributed by atoms with Crippen molar-refractivity contribution >= 4 is 43.4 Å². The van der Waals surface area contributed by atoms with Crippen LogP contribution in [0.25, 0.3) is 32.2 Å². The summed E-state index contributed by atoms with van der Waals surface area (Å²) in [6.45, 7) is 4.18. The minimum Gasteiger partial charge on any atom is -0.354 e. The molecule has 1 aliphatic rings. The molecule has 5 aromatic rings. The van der Waals surface area contributed by atoms with Gasteiger partial charge in [-0.2, -0.15) is 0 Å². The highest BCUT2D eigenvalue weighted by molar-refractivity contribution is 7.22. The lowest BCUT2D eigenvalue weighted by atomic mass is 9.97. The molecule has 1 aliphatic heterocycles. The van der Waals surface area contributed by atoms with Gasteiger partial charge < -0.3 is 10.2 Å². The molecule has 0 bridgehead atoms. The number of para-hydroxylation sites is 1. The molecule has 4 heterocycles. The Morgan fingerprint density at radius 2 is 2.11 bits per heavy atom. The second kappa shape index (κ2) is 9.66. The van der Waals surface area contributed by atoms with Gasteiger partial charge in [0, 0.05) is 43.0 Å². The fraction of sp³-hybridized carbons (Fsp3) is 0.296. The van der Waals surface area contributed by atoms with Gasteiger partial charge in [-0.05, 0) is 49.4 Å². The number of thiazole rings is 1. The van der Waals surface area contributed by atoms with Gasteiger partial charge in [-0.25, -0.2) is 9.67 Å². The van der Waals surface area contributed by atoms with E-state index >= 15 is 0 Å². The number of benzene rings is 2. The maximum atomic E-state index is 13.0. The minimum atomic E-state index is -0.0450. The lowest BCUT2D eigenvalue weighted by Crippen LogP contribution is -2.44. The number of piperidine rings is 1. The van der Waals surface area contributed by atoms with Gasteiger partial charge in [0.2, 0.25) is 5.91 Å². The molecule has 1 fully saturated rings. The van der Waals surface area contributed by atoms with Gasteiger partial charge in [0.05, 0.1) is 28.4 Å². The Kier molecular flexibility index (Phi) is 6.06. The van der Waals surface area contributed by atoms with E-state index in [4.69, 9.17) is 4.98 Å². The quantitative estimate of drug-likeness (QED) is 0.366. The van der Waals surface area contributed by atoms with Crippen molar-refractivity contribution in [2.24, 2.45) is 5.92 Å². The number of carbonyl (C=O) groups excluding carboxylic acids is 1. The van der Waals surface area contributed by atoms with E-state index < -0.39 is 0 Å². The van der Waals surface area contributed by atoms with Crippen LogP contribution in [0.2, 0.25) is 0 Å². The number of pyridine rings is 1. The molecule has 0 spiro atoms. The largest absolute Gasteiger partial charge is 0.354 e. The molecule has 182 valence electrons. The number of anilines is 1. The van der Waals surface area contributed by atoms with Crippen LogP contribution in [0.4, 0.5) is 5.13 Å². The maximum Gasteiger partial charge on any atom is 0.224 e. The predicted octanol–water partition coefficient (Wildman–Crippen LogP) is 4.70. The molecule has 2 atom stereocenters. The molecular weight excluding hydrogens is 470 g/mol. The fourth-order valence-corrected chi connectivity index (χ4v) is 5.71. The van der Waals surface area contributed by atoms with Crippen LogP contribution in [0.3, 0.4) is 0 Å². The van der Waals surface area contributed by atoms with Gasteiger partial charge in [0.15, 0.2) is 5.13 Å². The summed E-state index contributed by atoms with van der Waals surface area (Å²) >= 11 is 1.70. The van der Waals surface area contributed by atoms with Crippen LogP contribution in [0.5, 0.6) is 0 Å². The third kappa shape index (κ3) is 4.54. The van der Waals surface area contributed by atoms with Gasteiger partial charge in [0.25, 0.3) is 0 Å². The second-order valence-corrected chi connectivity index (χ2v) is 10.4. The number of amides is 1. The molecule has 1 N–H and O–H groups in total. The van der Waals surface area contributed by atoms with Crippen molar-refractivity contribution in [2.45, 2.75) is 25.8 Å². The molecule has 2 aromatic carbocycles. The Morgan fingerprint density at radius 3 is 3.03 bits per heavy atom. The van der Waals surface area contributed by atoms with Crippen LogP contribution in [0.1, 0.15) is 25.8 Å². The van der Waals surface area contributed by atoms with Crippen molar-refractivity contribution in [1.29, 1.82) is 0 Å². The van der Waals surface area contributed by atoms with Crippen LogP contribution in [-0.2, 0) is 4.79 Å². The monoisotopic (exact) mass is 497 g/mol. The third-order valence-corrected chi connectivity index (χ3v) is 7.91. The molecule has 6 rings (SSSR count). The Labute approximate surface area is 213 Å². The van der Waals surface area contributed by atoms with Gasteiger partial charge in [0.1, 0.15) is 5.69 Å². The normalized spacial score (nSPS) is 16.9. The summed E-state index contributed by atoms with van der Waals surface area (Å²) in [7, 11) is 0. The number of carbonyl (C=O) groups is 1. The first-order chi connectivity index (χ1) is 17.6. The summed E-state index contributed by atoms with van der Waals surface area (Å²) in [6.07, 6.45) is 7.46. The topological polar surface area (TPSA) is 88.8 Å². The predicted molar refractivity (Wildman–Crippen MR) is 143 cm³/mol.